The van der Waals surface area contributed by atoms with Crippen LogP contribution in [-0.4, -0.2) is 35.6 Å². The molecule has 0 radical (unpaired) electrons. The summed E-state index contributed by atoms with van der Waals surface area (Å²) < 4.78 is 5.15. The Kier molecular flexibility index (Phi) is 7.01. The van der Waals surface area contributed by atoms with Crippen LogP contribution in [0.5, 0.6) is 0 Å². The number of esters is 1. The van der Waals surface area contributed by atoms with E-state index >= 15 is 0 Å². The SMILES string of the molecule is CCCCCCC[C@H]1CC[C@H]2CC[C@H](CC(=O)OCC)N21. The minimum Gasteiger partial charge on any atom is -0.466 e. The lowest BCUT2D eigenvalue weighted by Crippen LogP contribution is -2.39. The molecule has 3 atom stereocenters. The largest absolute Gasteiger partial charge is 0.466 e. The zero-order valence-corrected chi connectivity index (χ0v) is 14.0. The fourth-order valence-corrected chi connectivity index (χ4v) is 4.30. The molecule has 2 aliphatic heterocycles. The van der Waals surface area contributed by atoms with Crippen LogP contribution < -0.4 is 0 Å². The maximum atomic E-state index is 11.8. The van der Waals surface area contributed by atoms with Crippen LogP contribution in [-0.2, 0) is 9.53 Å². The van der Waals surface area contributed by atoms with E-state index in [0.29, 0.717) is 19.1 Å². The van der Waals surface area contributed by atoms with Gasteiger partial charge in [0, 0.05) is 18.1 Å². The number of carbonyl (C=O) groups is 1. The second-order valence-corrected chi connectivity index (χ2v) is 6.78. The van der Waals surface area contributed by atoms with Crippen molar-refractivity contribution in [1.82, 2.24) is 4.90 Å². The van der Waals surface area contributed by atoms with Gasteiger partial charge in [-0.3, -0.25) is 9.69 Å². The molecule has 0 aromatic rings. The number of carbonyl (C=O) groups excluding carboxylic acids is 1. The van der Waals surface area contributed by atoms with Crippen molar-refractivity contribution in [3.05, 3.63) is 0 Å². The molecule has 0 aromatic heterocycles. The highest BCUT2D eigenvalue weighted by atomic mass is 16.5. The van der Waals surface area contributed by atoms with E-state index in [2.05, 4.69) is 11.8 Å². The van der Waals surface area contributed by atoms with Crippen LogP contribution in [0.3, 0.4) is 0 Å². The first kappa shape index (κ1) is 16.8. The monoisotopic (exact) mass is 295 g/mol. The highest BCUT2D eigenvalue weighted by Gasteiger charge is 2.42. The van der Waals surface area contributed by atoms with Crippen molar-refractivity contribution in [2.45, 2.75) is 103 Å². The van der Waals surface area contributed by atoms with Crippen LogP contribution in [0, 0.1) is 0 Å². The summed E-state index contributed by atoms with van der Waals surface area (Å²) >= 11 is 0. The summed E-state index contributed by atoms with van der Waals surface area (Å²) in [5.41, 5.74) is 0. The number of fused-ring (bicyclic) bond motifs is 1. The average molecular weight is 295 g/mol. The van der Waals surface area contributed by atoms with Gasteiger partial charge in [-0.15, -0.1) is 0 Å². The van der Waals surface area contributed by atoms with Crippen LogP contribution in [0.15, 0.2) is 0 Å². The van der Waals surface area contributed by atoms with Gasteiger partial charge in [0.25, 0.3) is 0 Å². The molecule has 3 nitrogen and oxygen atoms in total. The van der Waals surface area contributed by atoms with Crippen molar-refractivity contribution in [3.63, 3.8) is 0 Å². The van der Waals surface area contributed by atoms with Gasteiger partial charge in [-0.1, -0.05) is 39.0 Å². The fourth-order valence-electron chi connectivity index (χ4n) is 4.30. The summed E-state index contributed by atoms with van der Waals surface area (Å²) in [4.78, 5) is 14.5. The van der Waals surface area contributed by atoms with Crippen molar-refractivity contribution in [3.8, 4) is 0 Å². The molecule has 0 aliphatic carbocycles. The molecule has 0 spiro atoms. The zero-order valence-electron chi connectivity index (χ0n) is 14.0. The second-order valence-electron chi connectivity index (χ2n) is 6.78. The van der Waals surface area contributed by atoms with Gasteiger partial charge in [0.15, 0.2) is 0 Å². The van der Waals surface area contributed by atoms with Crippen molar-refractivity contribution in [1.29, 1.82) is 0 Å². The molecule has 0 saturated carbocycles. The zero-order chi connectivity index (χ0) is 15.1. The van der Waals surface area contributed by atoms with Crippen molar-refractivity contribution >= 4 is 5.97 Å². The van der Waals surface area contributed by atoms with Crippen LogP contribution in [0.2, 0.25) is 0 Å². The van der Waals surface area contributed by atoms with Gasteiger partial charge in [-0.2, -0.15) is 0 Å². The molecule has 0 N–H and O–H groups in total. The number of nitrogens with zero attached hydrogens (tertiary/aromatic N) is 1. The Morgan fingerprint density at radius 1 is 1.00 bits per heavy atom. The Hall–Kier alpha value is -0.570. The standard InChI is InChI=1S/C18H33NO2/c1-3-5-6-7-8-9-15-10-11-16-12-13-17(19(15)16)14-18(20)21-4-2/h15-17H,3-14H2,1-2H3/t15-,16-,17+/m0/s1. The summed E-state index contributed by atoms with van der Waals surface area (Å²) in [6.45, 7) is 4.67. The first-order valence-corrected chi connectivity index (χ1v) is 9.19. The highest BCUT2D eigenvalue weighted by Crippen LogP contribution is 2.39. The molecular formula is C18H33NO2. The lowest BCUT2D eigenvalue weighted by molar-refractivity contribution is -0.144. The third-order valence-corrected chi connectivity index (χ3v) is 5.28. The van der Waals surface area contributed by atoms with E-state index in [9.17, 15) is 4.79 Å². The molecule has 122 valence electrons. The smallest absolute Gasteiger partial charge is 0.307 e. The quantitative estimate of drug-likeness (QED) is 0.469. The van der Waals surface area contributed by atoms with Gasteiger partial charge in [0.1, 0.15) is 0 Å². The minimum absolute atomic E-state index is 0.00301. The average Bonchev–Trinajstić information content (AvgIpc) is 3.03. The maximum Gasteiger partial charge on any atom is 0.307 e. The van der Waals surface area contributed by atoms with E-state index < -0.39 is 0 Å². The summed E-state index contributed by atoms with van der Waals surface area (Å²) in [5, 5.41) is 0. The van der Waals surface area contributed by atoms with Crippen molar-refractivity contribution < 1.29 is 9.53 Å². The first-order valence-electron chi connectivity index (χ1n) is 9.19. The molecule has 2 fully saturated rings. The van der Waals surface area contributed by atoms with Crippen LogP contribution >= 0.6 is 0 Å². The van der Waals surface area contributed by atoms with Crippen molar-refractivity contribution in [2.75, 3.05) is 6.61 Å². The fraction of sp³-hybridized carbons (Fsp3) is 0.944. The van der Waals surface area contributed by atoms with Gasteiger partial charge in [-0.05, 0) is 39.0 Å². The molecule has 2 saturated heterocycles. The predicted octanol–water partition coefficient (Wildman–Crippen LogP) is 4.30. The number of unbranched alkanes of at least 4 members (excludes halogenated alkanes) is 4. The molecule has 2 heterocycles. The Morgan fingerprint density at radius 3 is 2.43 bits per heavy atom. The third-order valence-electron chi connectivity index (χ3n) is 5.28. The number of hydrogen-bond donors (Lipinski definition) is 0. The van der Waals surface area contributed by atoms with E-state index in [-0.39, 0.29) is 5.97 Å². The van der Waals surface area contributed by atoms with Gasteiger partial charge < -0.3 is 4.74 Å². The molecule has 0 amide bonds. The Morgan fingerprint density at radius 2 is 1.71 bits per heavy atom. The maximum absolute atomic E-state index is 11.8. The van der Waals surface area contributed by atoms with Crippen LogP contribution in [0.1, 0.15) is 84.5 Å². The molecule has 2 aliphatic rings. The summed E-state index contributed by atoms with van der Waals surface area (Å²) in [7, 11) is 0. The molecule has 3 heteroatoms. The minimum atomic E-state index is -0.00301. The first-order chi connectivity index (χ1) is 10.3. The van der Waals surface area contributed by atoms with Gasteiger partial charge in [-0.25, -0.2) is 0 Å². The highest BCUT2D eigenvalue weighted by molar-refractivity contribution is 5.70. The number of rotatable bonds is 9. The molecule has 0 unspecified atom stereocenters. The topological polar surface area (TPSA) is 29.5 Å². The van der Waals surface area contributed by atoms with Crippen LogP contribution in [0.4, 0.5) is 0 Å². The summed E-state index contributed by atoms with van der Waals surface area (Å²) in [6.07, 6.45) is 13.9. The van der Waals surface area contributed by atoms with Crippen LogP contribution in [0.25, 0.3) is 0 Å². The van der Waals surface area contributed by atoms with Gasteiger partial charge in [0.2, 0.25) is 0 Å². The van der Waals surface area contributed by atoms with E-state index in [1.165, 1.54) is 64.2 Å². The van der Waals surface area contributed by atoms with Gasteiger partial charge in [0.05, 0.1) is 13.0 Å². The van der Waals surface area contributed by atoms with E-state index in [1.807, 2.05) is 6.92 Å². The molecule has 0 aromatic carbocycles. The lowest BCUT2D eigenvalue weighted by atomic mass is 10.0. The lowest BCUT2D eigenvalue weighted by Gasteiger charge is -2.30. The number of hydrogen-bond acceptors (Lipinski definition) is 3. The third kappa shape index (κ3) is 4.70. The molecule has 2 rings (SSSR count). The normalized spacial score (nSPS) is 28.8. The number of ether oxygens (including phenoxy) is 1. The Labute approximate surface area is 130 Å². The molecule has 21 heavy (non-hydrogen) atoms. The Balaban J connectivity index is 1.76. The summed E-state index contributed by atoms with van der Waals surface area (Å²) in [6, 6.07) is 1.95. The van der Waals surface area contributed by atoms with E-state index in [1.54, 1.807) is 0 Å². The predicted molar refractivity (Wildman–Crippen MR) is 86.3 cm³/mol. The summed E-state index contributed by atoms with van der Waals surface area (Å²) in [5.74, 6) is -0.00301. The Bertz CT molecular complexity index is 318. The molecular weight excluding hydrogens is 262 g/mol. The molecule has 0 bridgehead atoms. The van der Waals surface area contributed by atoms with E-state index in [0.717, 1.165) is 12.1 Å². The van der Waals surface area contributed by atoms with Gasteiger partial charge >= 0.3 is 5.97 Å². The second kappa shape index (κ2) is 8.77. The van der Waals surface area contributed by atoms with Crippen molar-refractivity contribution in [2.24, 2.45) is 0 Å². The van der Waals surface area contributed by atoms with E-state index in [4.69, 9.17) is 4.74 Å².